The maximum absolute atomic E-state index is 12.4. The van der Waals surface area contributed by atoms with Gasteiger partial charge in [0.25, 0.3) is 0 Å². The molecule has 0 radical (unpaired) electrons. The van der Waals surface area contributed by atoms with E-state index < -0.39 is 23.6 Å². The summed E-state index contributed by atoms with van der Waals surface area (Å²) >= 11 is 0. The van der Waals surface area contributed by atoms with Gasteiger partial charge < -0.3 is 15.4 Å². The molecule has 0 saturated heterocycles. The lowest BCUT2D eigenvalue weighted by molar-refractivity contribution is -0.141. The minimum atomic E-state index is -4.50. The van der Waals surface area contributed by atoms with E-state index in [4.69, 9.17) is 4.74 Å². The van der Waals surface area contributed by atoms with E-state index in [0.717, 1.165) is 6.20 Å². The lowest BCUT2D eigenvalue weighted by Crippen LogP contribution is -2.50. The summed E-state index contributed by atoms with van der Waals surface area (Å²) in [7, 11) is 0. The number of hydrogen-bond acceptors (Lipinski definition) is 5. The summed E-state index contributed by atoms with van der Waals surface area (Å²) in [6, 6.07) is 0.00531. The zero-order chi connectivity index (χ0) is 17.3. The van der Waals surface area contributed by atoms with Crippen LogP contribution in [-0.2, 0) is 10.9 Å². The summed E-state index contributed by atoms with van der Waals surface area (Å²) in [5.74, 6) is 0.277. The van der Waals surface area contributed by atoms with E-state index in [-0.39, 0.29) is 17.9 Å². The molecule has 2 N–H and O–H groups in total. The van der Waals surface area contributed by atoms with Crippen LogP contribution in [0.1, 0.15) is 39.3 Å². The van der Waals surface area contributed by atoms with Gasteiger partial charge in [-0.2, -0.15) is 13.2 Å². The maximum Gasteiger partial charge on any atom is 0.434 e. The van der Waals surface area contributed by atoms with E-state index in [0.29, 0.717) is 19.0 Å². The predicted octanol–water partition coefficient (Wildman–Crippen LogP) is 2.96. The third-order valence-corrected chi connectivity index (χ3v) is 3.15. The van der Waals surface area contributed by atoms with Crippen molar-refractivity contribution in [3.63, 3.8) is 0 Å². The number of amides is 1. The molecule has 1 heterocycles. The molecule has 1 aromatic rings. The van der Waals surface area contributed by atoms with Crippen LogP contribution in [0.2, 0.25) is 0 Å². The topological polar surface area (TPSA) is 76.1 Å². The second-order valence-electron chi connectivity index (χ2n) is 6.44. The minimum Gasteiger partial charge on any atom is -0.444 e. The zero-order valence-electron chi connectivity index (χ0n) is 13.1. The van der Waals surface area contributed by atoms with Crippen LogP contribution in [0.25, 0.3) is 0 Å². The minimum absolute atomic E-state index is 0.0234. The lowest BCUT2D eigenvalue weighted by atomic mass is 9.87. The molecule has 1 aliphatic rings. The summed E-state index contributed by atoms with van der Waals surface area (Å²) in [4.78, 5) is 18.6. The second kappa shape index (κ2) is 6.21. The Kier molecular flexibility index (Phi) is 4.67. The number of ether oxygens (including phenoxy) is 1. The van der Waals surface area contributed by atoms with Crippen LogP contribution in [0.3, 0.4) is 0 Å². The van der Waals surface area contributed by atoms with Gasteiger partial charge in [0.2, 0.25) is 0 Å². The van der Waals surface area contributed by atoms with Crippen LogP contribution in [-0.4, -0.2) is 33.7 Å². The molecule has 128 valence electrons. The third-order valence-electron chi connectivity index (χ3n) is 3.15. The van der Waals surface area contributed by atoms with Gasteiger partial charge in [0.05, 0.1) is 12.4 Å². The smallest absolute Gasteiger partial charge is 0.434 e. The molecule has 0 atom stereocenters. The quantitative estimate of drug-likeness (QED) is 0.890. The molecule has 0 aliphatic heterocycles. The molecule has 9 heteroatoms. The van der Waals surface area contributed by atoms with E-state index >= 15 is 0 Å². The van der Waals surface area contributed by atoms with Crippen LogP contribution < -0.4 is 10.6 Å². The number of halogens is 3. The Bertz CT molecular complexity index is 549. The monoisotopic (exact) mass is 332 g/mol. The number of rotatable bonds is 3. The average Bonchev–Trinajstić information content (AvgIpc) is 2.33. The molecule has 1 fully saturated rings. The second-order valence-corrected chi connectivity index (χ2v) is 6.44. The van der Waals surface area contributed by atoms with E-state index in [1.807, 2.05) is 0 Å². The van der Waals surface area contributed by atoms with Crippen LogP contribution in [0.15, 0.2) is 12.4 Å². The van der Waals surface area contributed by atoms with Crippen LogP contribution in [0.4, 0.5) is 23.8 Å². The Morgan fingerprint density at radius 3 is 2.30 bits per heavy atom. The first kappa shape index (κ1) is 17.3. The Morgan fingerprint density at radius 2 is 1.83 bits per heavy atom. The van der Waals surface area contributed by atoms with Gasteiger partial charge in [0, 0.05) is 12.1 Å². The summed E-state index contributed by atoms with van der Waals surface area (Å²) in [5.41, 5.74) is -1.58. The molecule has 0 bridgehead atoms. The van der Waals surface area contributed by atoms with Gasteiger partial charge in [-0.05, 0) is 33.6 Å². The van der Waals surface area contributed by atoms with Crippen molar-refractivity contribution in [2.75, 3.05) is 5.32 Å². The SMILES string of the molecule is CC(C)(C)OC(=O)N[C@H]1C[C@@H](Nc2cnc(C(F)(F)F)cn2)C1. The Morgan fingerprint density at radius 1 is 1.17 bits per heavy atom. The molecular formula is C14H19F3N4O2. The number of aromatic nitrogens is 2. The van der Waals surface area contributed by atoms with E-state index in [2.05, 4.69) is 20.6 Å². The molecule has 2 rings (SSSR count). The molecule has 0 spiro atoms. The summed E-state index contributed by atoms with van der Waals surface area (Å²) in [5, 5.41) is 5.71. The van der Waals surface area contributed by atoms with E-state index in [1.165, 1.54) is 0 Å². The molecule has 1 amide bonds. The molecule has 6 nitrogen and oxygen atoms in total. The standard InChI is InChI=1S/C14H19F3N4O2/c1-13(2,3)23-12(22)21-9-4-8(5-9)20-11-7-18-10(6-19-11)14(15,16)17/h6-9H,4-5H2,1-3H3,(H,19,20)(H,21,22)/t8-,9+. The van der Waals surface area contributed by atoms with Gasteiger partial charge in [-0.15, -0.1) is 0 Å². The van der Waals surface area contributed by atoms with Crippen molar-refractivity contribution in [3.8, 4) is 0 Å². The lowest BCUT2D eigenvalue weighted by Gasteiger charge is -2.36. The molecule has 0 aromatic carbocycles. The number of alkyl carbamates (subject to hydrolysis) is 1. The fraction of sp³-hybridized carbons (Fsp3) is 0.643. The molecule has 1 aromatic heterocycles. The molecule has 23 heavy (non-hydrogen) atoms. The number of alkyl halides is 3. The molecular weight excluding hydrogens is 313 g/mol. The number of carbonyl (C=O) groups excluding carboxylic acids is 1. The highest BCUT2D eigenvalue weighted by Crippen LogP contribution is 2.28. The number of hydrogen-bond donors (Lipinski definition) is 2. The van der Waals surface area contributed by atoms with Gasteiger partial charge in [0.1, 0.15) is 11.4 Å². The van der Waals surface area contributed by atoms with E-state index in [1.54, 1.807) is 20.8 Å². The summed E-state index contributed by atoms with van der Waals surface area (Å²) < 4.78 is 42.3. The Hall–Kier alpha value is -2.06. The average molecular weight is 332 g/mol. The van der Waals surface area contributed by atoms with Gasteiger partial charge in [-0.3, -0.25) is 0 Å². The third kappa shape index (κ3) is 5.26. The number of anilines is 1. The Balaban J connectivity index is 1.75. The first-order valence-corrected chi connectivity index (χ1v) is 7.18. The van der Waals surface area contributed by atoms with Gasteiger partial charge >= 0.3 is 12.3 Å². The van der Waals surface area contributed by atoms with Crippen molar-refractivity contribution in [2.24, 2.45) is 0 Å². The van der Waals surface area contributed by atoms with Crippen molar-refractivity contribution in [1.29, 1.82) is 0 Å². The highest BCUT2D eigenvalue weighted by molar-refractivity contribution is 5.68. The van der Waals surface area contributed by atoms with Crippen LogP contribution in [0, 0.1) is 0 Å². The van der Waals surface area contributed by atoms with Gasteiger partial charge in [0.15, 0.2) is 5.69 Å². The van der Waals surface area contributed by atoms with Crippen molar-refractivity contribution in [1.82, 2.24) is 15.3 Å². The van der Waals surface area contributed by atoms with Gasteiger partial charge in [-0.1, -0.05) is 0 Å². The highest BCUT2D eigenvalue weighted by atomic mass is 19.4. The molecule has 1 aliphatic carbocycles. The Labute approximate surface area is 131 Å². The first-order valence-electron chi connectivity index (χ1n) is 7.18. The van der Waals surface area contributed by atoms with E-state index in [9.17, 15) is 18.0 Å². The largest absolute Gasteiger partial charge is 0.444 e. The number of nitrogens with zero attached hydrogens (tertiary/aromatic N) is 2. The highest BCUT2D eigenvalue weighted by Gasteiger charge is 2.34. The zero-order valence-corrected chi connectivity index (χ0v) is 13.1. The number of carbonyl (C=O) groups is 1. The summed E-state index contributed by atoms with van der Waals surface area (Å²) in [6.07, 6.45) is -1.95. The number of nitrogens with one attached hydrogen (secondary N) is 2. The maximum atomic E-state index is 12.4. The van der Waals surface area contributed by atoms with Crippen LogP contribution >= 0.6 is 0 Å². The van der Waals surface area contributed by atoms with Crippen molar-refractivity contribution in [3.05, 3.63) is 18.1 Å². The normalized spacial score (nSPS) is 21.3. The van der Waals surface area contributed by atoms with Crippen LogP contribution in [0.5, 0.6) is 0 Å². The summed E-state index contributed by atoms with van der Waals surface area (Å²) in [6.45, 7) is 5.34. The fourth-order valence-electron chi connectivity index (χ4n) is 2.09. The van der Waals surface area contributed by atoms with Crippen molar-refractivity contribution >= 4 is 11.9 Å². The van der Waals surface area contributed by atoms with Crippen molar-refractivity contribution < 1.29 is 22.7 Å². The molecule has 1 saturated carbocycles. The molecule has 0 unspecified atom stereocenters. The van der Waals surface area contributed by atoms with Crippen molar-refractivity contribution in [2.45, 2.75) is 57.5 Å². The predicted molar refractivity (Wildman–Crippen MR) is 76.8 cm³/mol. The van der Waals surface area contributed by atoms with Gasteiger partial charge in [-0.25, -0.2) is 14.8 Å². The fourth-order valence-corrected chi connectivity index (χ4v) is 2.09. The first-order chi connectivity index (χ1) is 10.5.